The Kier molecular flexibility index (Phi) is 3.83. The Hall–Kier alpha value is -2.82. The van der Waals surface area contributed by atoms with Crippen LogP contribution in [0.15, 0.2) is 30.3 Å². The van der Waals surface area contributed by atoms with Gasteiger partial charge in [0.2, 0.25) is 0 Å². The van der Waals surface area contributed by atoms with Crippen molar-refractivity contribution >= 4 is 0 Å². The van der Waals surface area contributed by atoms with Crippen molar-refractivity contribution in [1.29, 1.82) is 21.0 Å². The van der Waals surface area contributed by atoms with Crippen LogP contribution in [0.4, 0.5) is 0 Å². The van der Waals surface area contributed by atoms with Gasteiger partial charge in [0.1, 0.15) is 5.92 Å². The number of rotatable bonds is 3. The van der Waals surface area contributed by atoms with E-state index in [1.807, 2.05) is 18.2 Å². The van der Waals surface area contributed by atoms with Crippen LogP contribution in [0.1, 0.15) is 17.9 Å². The summed E-state index contributed by atoms with van der Waals surface area (Å²) in [4.78, 5) is 0. The van der Waals surface area contributed by atoms with Gasteiger partial charge in [0, 0.05) is 0 Å². The van der Waals surface area contributed by atoms with Crippen molar-refractivity contribution in [3.63, 3.8) is 0 Å². The Bertz CT molecular complexity index is 534. The second-order valence-corrected chi connectivity index (χ2v) is 3.50. The van der Waals surface area contributed by atoms with Crippen molar-refractivity contribution in [1.82, 2.24) is 0 Å². The molecule has 0 aliphatic heterocycles. The van der Waals surface area contributed by atoms with E-state index in [4.69, 9.17) is 21.0 Å². The molecule has 17 heavy (non-hydrogen) atoms. The molecule has 80 valence electrons. The van der Waals surface area contributed by atoms with Gasteiger partial charge in [-0.05, 0) is 5.56 Å². The minimum atomic E-state index is -1.61. The third-order valence-corrected chi connectivity index (χ3v) is 2.51. The maximum Gasteiger partial charge on any atom is 0.176 e. The van der Waals surface area contributed by atoms with E-state index >= 15 is 0 Å². The predicted octanol–water partition coefficient (Wildman–Crippen LogP) is 2.24. The lowest BCUT2D eigenvalue weighted by atomic mass is 9.73. The van der Waals surface area contributed by atoms with Crippen LogP contribution in [0, 0.1) is 50.7 Å². The smallest absolute Gasteiger partial charge is 0.176 e. The highest BCUT2D eigenvalue weighted by molar-refractivity contribution is 5.36. The molecule has 0 aliphatic carbocycles. The molecule has 0 saturated heterocycles. The maximum atomic E-state index is 9.14. The van der Waals surface area contributed by atoms with E-state index in [1.165, 1.54) is 0 Å². The fourth-order valence-corrected chi connectivity index (χ4v) is 1.57. The van der Waals surface area contributed by atoms with E-state index in [0.29, 0.717) is 5.56 Å². The minimum Gasteiger partial charge on any atom is -0.198 e. The van der Waals surface area contributed by atoms with Crippen molar-refractivity contribution in [2.45, 2.75) is 12.3 Å². The summed E-state index contributed by atoms with van der Waals surface area (Å²) in [5, 5.41) is 36.0. The molecule has 1 aromatic rings. The fraction of sp³-hybridized carbons (Fsp3) is 0.231. The fourth-order valence-electron chi connectivity index (χ4n) is 1.57. The SMILES string of the molecule is N#CCC(C#N)(C#N)C(C#N)c1ccccc1. The first-order valence-corrected chi connectivity index (χ1v) is 4.88. The van der Waals surface area contributed by atoms with Crippen molar-refractivity contribution in [3.05, 3.63) is 35.9 Å². The zero-order chi connectivity index (χ0) is 12.7. The van der Waals surface area contributed by atoms with Crippen LogP contribution in [0.25, 0.3) is 0 Å². The molecular formula is C13H8N4. The zero-order valence-corrected chi connectivity index (χ0v) is 8.96. The number of nitriles is 4. The summed E-state index contributed by atoms with van der Waals surface area (Å²) in [5.74, 6) is -0.918. The van der Waals surface area contributed by atoms with E-state index < -0.39 is 11.3 Å². The second kappa shape index (κ2) is 5.32. The number of hydrogen-bond acceptors (Lipinski definition) is 4. The van der Waals surface area contributed by atoms with Gasteiger partial charge < -0.3 is 0 Å². The molecule has 1 aromatic carbocycles. The Balaban J connectivity index is 3.29. The van der Waals surface area contributed by atoms with Crippen molar-refractivity contribution in [2.75, 3.05) is 0 Å². The van der Waals surface area contributed by atoms with Crippen LogP contribution in [0.5, 0.6) is 0 Å². The van der Waals surface area contributed by atoms with Crippen LogP contribution < -0.4 is 0 Å². The molecule has 4 nitrogen and oxygen atoms in total. The number of hydrogen-bond donors (Lipinski definition) is 0. The standard InChI is InChI=1S/C13H8N4/c14-7-6-13(9-16,10-17)12(8-15)11-4-2-1-3-5-11/h1-5,12H,6H2. The molecule has 0 aliphatic rings. The van der Waals surface area contributed by atoms with Gasteiger partial charge in [0.15, 0.2) is 5.41 Å². The molecule has 0 fully saturated rings. The van der Waals surface area contributed by atoms with Gasteiger partial charge in [-0.3, -0.25) is 0 Å². The van der Waals surface area contributed by atoms with Gasteiger partial charge in [-0.25, -0.2) is 0 Å². The van der Waals surface area contributed by atoms with Crippen LogP contribution in [-0.4, -0.2) is 0 Å². The number of nitrogens with zero attached hydrogens (tertiary/aromatic N) is 4. The molecule has 0 N–H and O–H groups in total. The predicted molar refractivity (Wildman–Crippen MR) is 58.7 cm³/mol. The van der Waals surface area contributed by atoms with E-state index in [-0.39, 0.29) is 6.42 Å². The molecule has 0 amide bonds. The van der Waals surface area contributed by atoms with Crippen LogP contribution in [0.3, 0.4) is 0 Å². The summed E-state index contributed by atoms with van der Waals surface area (Å²) in [6.45, 7) is 0. The Morgan fingerprint density at radius 2 is 1.59 bits per heavy atom. The molecule has 0 radical (unpaired) electrons. The van der Waals surface area contributed by atoms with Crippen LogP contribution in [0.2, 0.25) is 0 Å². The highest BCUT2D eigenvalue weighted by Crippen LogP contribution is 2.37. The topological polar surface area (TPSA) is 95.2 Å². The highest BCUT2D eigenvalue weighted by Gasteiger charge is 2.41. The molecule has 4 heteroatoms. The first-order chi connectivity index (χ1) is 8.24. The van der Waals surface area contributed by atoms with Crippen molar-refractivity contribution in [3.8, 4) is 24.3 Å². The third kappa shape index (κ3) is 2.23. The molecule has 0 aromatic heterocycles. The van der Waals surface area contributed by atoms with Crippen LogP contribution in [-0.2, 0) is 0 Å². The lowest BCUT2D eigenvalue weighted by Crippen LogP contribution is -2.24. The molecule has 1 rings (SSSR count). The highest BCUT2D eigenvalue weighted by atomic mass is 14.5. The first-order valence-electron chi connectivity index (χ1n) is 4.88. The van der Waals surface area contributed by atoms with Gasteiger partial charge in [0.05, 0.1) is 30.7 Å². The van der Waals surface area contributed by atoms with Gasteiger partial charge in [-0.2, -0.15) is 21.0 Å². The van der Waals surface area contributed by atoms with Crippen molar-refractivity contribution in [2.24, 2.45) is 5.41 Å². The summed E-state index contributed by atoms with van der Waals surface area (Å²) in [5.41, 5.74) is -1.03. The molecular weight excluding hydrogens is 212 g/mol. The lowest BCUT2D eigenvalue weighted by molar-refractivity contribution is 0.485. The summed E-state index contributed by atoms with van der Waals surface area (Å²) < 4.78 is 0. The second-order valence-electron chi connectivity index (χ2n) is 3.50. The molecule has 0 heterocycles. The van der Waals surface area contributed by atoms with Gasteiger partial charge in [0.25, 0.3) is 0 Å². The minimum absolute atomic E-state index is 0.285. The monoisotopic (exact) mass is 220 g/mol. The average Bonchev–Trinajstić information content (AvgIpc) is 2.39. The van der Waals surface area contributed by atoms with E-state index in [9.17, 15) is 0 Å². The third-order valence-electron chi connectivity index (χ3n) is 2.51. The first kappa shape index (κ1) is 12.3. The normalized spacial score (nSPS) is 11.3. The van der Waals surface area contributed by atoms with Gasteiger partial charge in [-0.15, -0.1) is 0 Å². The summed E-state index contributed by atoms with van der Waals surface area (Å²) in [6.07, 6.45) is -0.285. The molecule has 0 saturated carbocycles. The van der Waals surface area contributed by atoms with E-state index in [1.54, 1.807) is 36.4 Å². The Morgan fingerprint density at radius 1 is 1.00 bits per heavy atom. The lowest BCUT2D eigenvalue weighted by Gasteiger charge is -2.21. The zero-order valence-electron chi connectivity index (χ0n) is 8.96. The van der Waals surface area contributed by atoms with Crippen LogP contribution >= 0.6 is 0 Å². The van der Waals surface area contributed by atoms with Gasteiger partial charge >= 0.3 is 0 Å². The largest absolute Gasteiger partial charge is 0.198 e. The average molecular weight is 220 g/mol. The number of benzene rings is 1. The Morgan fingerprint density at radius 3 is 2.00 bits per heavy atom. The molecule has 1 unspecified atom stereocenters. The van der Waals surface area contributed by atoms with E-state index in [2.05, 4.69) is 0 Å². The van der Waals surface area contributed by atoms with E-state index in [0.717, 1.165) is 0 Å². The van der Waals surface area contributed by atoms with Gasteiger partial charge in [-0.1, -0.05) is 30.3 Å². The quantitative estimate of drug-likeness (QED) is 0.780. The molecule has 1 atom stereocenters. The summed E-state index contributed by atoms with van der Waals surface area (Å²) in [6, 6.07) is 16.0. The molecule has 0 spiro atoms. The van der Waals surface area contributed by atoms with Crippen molar-refractivity contribution < 1.29 is 0 Å². The Labute approximate surface area is 99.6 Å². The summed E-state index contributed by atoms with van der Waals surface area (Å²) in [7, 11) is 0. The summed E-state index contributed by atoms with van der Waals surface area (Å²) >= 11 is 0. The maximum absolute atomic E-state index is 9.14. The molecule has 0 bridgehead atoms.